The first kappa shape index (κ1) is 9.48. The lowest BCUT2D eigenvalue weighted by Gasteiger charge is -2.05. The fraction of sp³-hybridized carbons (Fsp3) is 0.375. The van der Waals surface area contributed by atoms with Crippen LogP contribution in [0.4, 0.5) is 0 Å². The van der Waals surface area contributed by atoms with Gasteiger partial charge < -0.3 is 10.3 Å². The van der Waals surface area contributed by atoms with Crippen LogP contribution in [0.5, 0.6) is 0 Å². The second-order valence-electron chi connectivity index (χ2n) is 2.72. The molecule has 0 saturated heterocycles. The molecule has 0 aliphatic carbocycles. The third-order valence-corrected chi connectivity index (χ3v) is 1.93. The van der Waals surface area contributed by atoms with Crippen molar-refractivity contribution in [2.24, 2.45) is 0 Å². The Bertz CT molecular complexity index is 276. The van der Waals surface area contributed by atoms with Gasteiger partial charge in [-0.05, 0) is 28.9 Å². The van der Waals surface area contributed by atoms with Gasteiger partial charge in [0.1, 0.15) is 0 Å². The van der Waals surface area contributed by atoms with Gasteiger partial charge in [0.25, 0.3) is 0 Å². The number of nitrogens with zero attached hydrogens (tertiary/aromatic N) is 1. The van der Waals surface area contributed by atoms with Gasteiger partial charge in [-0.25, -0.2) is 0 Å². The minimum atomic E-state index is -0.480. The molecule has 3 nitrogen and oxygen atoms in total. The summed E-state index contributed by atoms with van der Waals surface area (Å²) in [6.45, 7) is 1.65. The van der Waals surface area contributed by atoms with Crippen molar-refractivity contribution < 1.29 is 9.84 Å². The maximum atomic E-state index is 11.2. The molecule has 0 fully saturated rings. The van der Waals surface area contributed by atoms with Gasteiger partial charge in [-0.1, -0.05) is 0 Å². The highest BCUT2D eigenvalue weighted by Crippen LogP contribution is 2.07. The first-order chi connectivity index (χ1) is 5.59. The predicted molar refractivity (Wildman–Crippen MR) is 48.5 cm³/mol. The molecule has 0 aliphatic rings. The van der Waals surface area contributed by atoms with Gasteiger partial charge in [-0.3, -0.25) is 0 Å². The molecule has 1 aromatic rings. The zero-order valence-electron chi connectivity index (χ0n) is 6.70. The molecule has 66 valence electrons. The summed E-state index contributed by atoms with van der Waals surface area (Å²) in [5.41, 5.74) is 0.577. The van der Waals surface area contributed by atoms with Gasteiger partial charge in [0, 0.05) is 6.07 Å². The van der Waals surface area contributed by atoms with Gasteiger partial charge in [0.05, 0.1) is 17.0 Å². The summed E-state index contributed by atoms with van der Waals surface area (Å²) in [6, 6.07) is 3.48. The van der Waals surface area contributed by atoms with Crippen LogP contribution < -0.4 is 4.73 Å². The van der Waals surface area contributed by atoms with Crippen LogP contribution >= 0.6 is 15.9 Å². The normalized spacial score (nSPS) is 12.9. The minimum Gasteiger partial charge on any atom is -0.618 e. The predicted octanol–water partition coefficient (Wildman–Crippen LogP) is 1.01. The number of aliphatic hydroxyl groups is 1. The van der Waals surface area contributed by atoms with Crippen LogP contribution in [0.15, 0.2) is 22.8 Å². The van der Waals surface area contributed by atoms with E-state index < -0.39 is 6.10 Å². The molecule has 0 aromatic carbocycles. The van der Waals surface area contributed by atoms with Crippen molar-refractivity contribution in [2.75, 3.05) is 0 Å². The summed E-state index contributed by atoms with van der Waals surface area (Å²) in [5.74, 6) is 0. The van der Waals surface area contributed by atoms with E-state index in [0.29, 0.717) is 12.1 Å². The van der Waals surface area contributed by atoms with Crippen LogP contribution in [-0.4, -0.2) is 11.2 Å². The van der Waals surface area contributed by atoms with Crippen LogP contribution in [0.1, 0.15) is 12.6 Å². The van der Waals surface area contributed by atoms with E-state index in [1.165, 1.54) is 6.20 Å². The molecule has 1 aromatic heterocycles. The van der Waals surface area contributed by atoms with Crippen LogP contribution in [-0.2, 0) is 6.42 Å². The van der Waals surface area contributed by atoms with E-state index in [1.807, 2.05) is 0 Å². The van der Waals surface area contributed by atoms with E-state index in [-0.39, 0.29) is 0 Å². The average Bonchev–Trinajstić information content (AvgIpc) is 1.94. The van der Waals surface area contributed by atoms with Gasteiger partial charge >= 0.3 is 0 Å². The Kier molecular flexibility index (Phi) is 3.05. The highest BCUT2D eigenvalue weighted by Gasteiger charge is 2.08. The molecule has 0 spiro atoms. The second-order valence-corrected chi connectivity index (χ2v) is 3.63. The number of hydrogen-bond acceptors (Lipinski definition) is 2. The molecule has 0 aliphatic heterocycles. The Hall–Kier alpha value is -0.610. The highest BCUT2D eigenvalue weighted by molar-refractivity contribution is 9.10. The number of aliphatic hydroxyl groups excluding tert-OH is 1. The summed E-state index contributed by atoms with van der Waals surface area (Å²) in [4.78, 5) is 0. The molecule has 1 unspecified atom stereocenters. The maximum absolute atomic E-state index is 11.2. The number of pyridine rings is 1. The van der Waals surface area contributed by atoms with Crippen molar-refractivity contribution >= 4 is 15.9 Å². The molecule has 4 heteroatoms. The number of halogens is 1. The molecular formula is C8H10BrNO2. The van der Waals surface area contributed by atoms with Gasteiger partial charge in [0.2, 0.25) is 0 Å². The SMILES string of the molecule is CC(O)Cc1ccc(Br)c[n+]1[O-]. The third kappa shape index (κ3) is 2.46. The number of aromatic nitrogens is 1. The van der Waals surface area contributed by atoms with Crippen LogP contribution in [0, 0.1) is 5.21 Å². The van der Waals surface area contributed by atoms with Gasteiger partial charge in [-0.15, -0.1) is 0 Å². The van der Waals surface area contributed by atoms with E-state index in [0.717, 1.165) is 9.20 Å². The molecule has 0 amide bonds. The molecule has 0 bridgehead atoms. The molecule has 1 atom stereocenters. The van der Waals surface area contributed by atoms with Crippen molar-refractivity contribution in [3.8, 4) is 0 Å². The number of rotatable bonds is 2. The van der Waals surface area contributed by atoms with Crippen molar-refractivity contribution in [1.82, 2.24) is 0 Å². The lowest BCUT2D eigenvalue weighted by Crippen LogP contribution is -2.33. The summed E-state index contributed by atoms with van der Waals surface area (Å²) in [7, 11) is 0. The fourth-order valence-electron chi connectivity index (χ4n) is 0.948. The van der Waals surface area contributed by atoms with E-state index in [9.17, 15) is 5.21 Å². The Balaban J connectivity index is 2.86. The lowest BCUT2D eigenvalue weighted by atomic mass is 10.2. The van der Waals surface area contributed by atoms with E-state index >= 15 is 0 Å². The second kappa shape index (κ2) is 3.87. The molecule has 1 N–H and O–H groups in total. The lowest BCUT2D eigenvalue weighted by molar-refractivity contribution is -0.615. The first-order valence-electron chi connectivity index (χ1n) is 3.65. The van der Waals surface area contributed by atoms with Crippen molar-refractivity contribution in [1.29, 1.82) is 0 Å². The molecule has 0 radical (unpaired) electrons. The van der Waals surface area contributed by atoms with Crippen LogP contribution in [0.3, 0.4) is 0 Å². The summed E-state index contributed by atoms with van der Waals surface area (Å²) in [5, 5.41) is 20.2. The molecule has 1 rings (SSSR count). The van der Waals surface area contributed by atoms with Crippen LogP contribution in [0.25, 0.3) is 0 Å². The van der Waals surface area contributed by atoms with Gasteiger partial charge in [-0.2, -0.15) is 4.73 Å². The third-order valence-electron chi connectivity index (χ3n) is 1.46. The Morgan fingerprint density at radius 3 is 2.83 bits per heavy atom. The minimum absolute atomic E-state index is 0.386. The average molecular weight is 232 g/mol. The monoisotopic (exact) mass is 231 g/mol. The smallest absolute Gasteiger partial charge is 0.195 e. The molecular weight excluding hydrogens is 222 g/mol. The van der Waals surface area contributed by atoms with Crippen molar-refractivity contribution in [2.45, 2.75) is 19.4 Å². The van der Waals surface area contributed by atoms with Gasteiger partial charge in [0.15, 0.2) is 11.9 Å². The zero-order chi connectivity index (χ0) is 9.14. The zero-order valence-corrected chi connectivity index (χ0v) is 8.28. The quantitative estimate of drug-likeness (QED) is 0.610. The Morgan fingerprint density at radius 1 is 1.67 bits per heavy atom. The standard InChI is InChI=1S/C8H10BrNO2/c1-6(11)4-8-3-2-7(9)5-10(8)12/h2-3,5-6,11H,4H2,1H3. The highest BCUT2D eigenvalue weighted by atomic mass is 79.9. The van der Waals surface area contributed by atoms with E-state index in [4.69, 9.17) is 5.11 Å². The van der Waals surface area contributed by atoms with Crippen LogP contribution in [0.2, 0.25) is 0 Å². The Morgan fingerprint density at radius 2 is 2.33 bits per heavy atom. The summed E-state index contributed by atoms with van der Waals surface area (Å²) >= 11 is 3.18. The molecule has 0 saturated carbocycles. The largest absolute Gasteiger partial charge is 0.618 e. The molecule has 1 heterocycles. The van der Waals surface area contributed by atoms with E-state index in [2.05, 4.69) is 15.9 Å². The Labute approximate surface area is 79.4 Å². The maximum Gasteiger partial charge on any atom is 0.195 e. The topological polar surface area (TPSA) is 47.2 Å². The number of hydrogen-bond donors (Lipinski definition) is 1. The molecule has 12 heavy (non-hydrogen) atoms. The fourth-order valence-corrected chi connectivity index (χ4v) is 1.27. The first-order valence-corrected chi connectivity index (χ1v) is 4.44. The van der Waals surface area contributed by atoms with Crippen molar-refractivity contribution in [3.05, 3.63) is 33.7 Å². The summed E-state index contributed by atoms with van der Waals surface area (Å²) < 4.78 is 1.50. The van der Waals surface area contributed by atoms with Crippen molar-refractivity contribution in [3.63, 3.8) is 0 Å². The van der Waals surface area contributed by atoms with E-state index in [1.54, 1.807) is 19.1 Å². The summed E-state index contributed by atoms with van der Waals surface area (Å²) in [6.07, 6.45) is 1.33.